The Balaban J connectivity index is 6.33. The predicted octanol–water partition coefficient (Wildman–Crippen LogP) is 4.78. The number of nitrogens with zero attached hydrogens (tertiary/aromatic N) is 6. The lowest BCUT2D eigenvalue weighted by atomic mass is 10.1. The van der Waals surface area contributed by atoms with E-state index >= 15 is 0 Å². The summed E-state index contributed by atoms with van der Waals surface area (Å²) < 4.78 is 6.45. The Morgan fingerprint density at radius 3 is 1.30 bits per heavy atom. The molecule has 0 bridgehead atoms. The Morgan fingerprint density at radius 2 is 0.963 bits per heavy atom. The molecule has 0 radical (unpaired) electrons. The summed E-state index contributed by atoms with van der Waals surface area (Å²) in [5.74, 6) is 0. The van der Waals surface area contributed by atoms with Crippen LogP contribution in [0.1, 0.15) is 20.3 Å². The first-order valence-corrected chi connectivity index (χ1v) is 20.2. The van der Waals surface area contributed by atoms with Gasteiger partial charge in [-0.3, -0.25) is 0 Å². The fourth-order valence-electron chi connectivity index (χ4n) is 1.68. The zero-order valence-corrected chi connectivity index (χ0v) is 23.4. The summed E-state index contributed by atoms with van der Waals surface area (Å²) in [7, 11) is 1.66. The molecule has 0 amide bonds. The molecule has 0 N–H and O–H groups in total. The van der Waals surface area contributed by atoms with Crippen molar-refractivity contribution in [3.05, 3.63) is 0 Å². The molecule has 0 saturated heterocycles. The first-order valence-electron chi connectivity index (χ1n) is 9.84. The van der Waals surface area contributed by atoms with Crippen molar-refractivity contribution in [2.75, 3.05) is 21.1 Å². The second kappa shape index (κ2) is 9.51. The molecule has 0 aromatic rings. The van der Waals surface area contributed by atoms with Gasteiger partial charge >= 0.3 is 0 Å². The first kappa shape index (κ1) is 26.1. The Bertz CT molecular complexity index is 579. The molecule has 9 heteroatoms. The van der Waals surface area contributed by atoms with Crippen LogP contribution in [0.2, 0.25) is 58.9 Å². The van der Waals surface area contributed by atoms with Gasteiger partial charge in [0.15, 0.2) is 24.7 Å². The lowest BCUT2D eigenvalue weighted by Gasteiger charge is -2.31. The summed E-state index contributed by atoms with van der Waals surface area (Å²) in [5, 5.41) is 14.9. The third kappa shape index (κ3) is 8.73. The molecule has 0 aliphatic rings. The van der Waals surface area contributed by atoms with Crippen molar-refractivity contribution >= 4 is 41.8 Å². The molecule has 158 valence electrons. The maximum atomic E-state index is 5.02. The van der Waals surface area contributed by atoms with Gasteiger partial charge in [0.05, 0.1) is 11.4 Å². The van der Waals surface area contributed by atoms with Crippen molar-refractivity contribution in [2.24, 2.45) is 15.3 Å². The second-order valence-corrected chi connectivity index (χ2v) is 25.1. The molecule has 0 saturated carbocycles. The molecule has 0 spiro atoms. The summed E-state index contributed by atoms with van der Waals surface area (Å²) in [6.45, 7) is 24.9. The maximum absolute atomic E-state index is 5.02. The minimum Gasteiger partial charge on any atom is -0.327 e. The van der Waals surface area contributed by atoms with Crippen LogP contribution >= 0.6 is 0 Å². The first-order chi connectivity index (χ1) is 11.9. The van der Waals surface area contributed by atoms with Crippen molar-refractivity contribution < 1.29 is 0 Å². The van der Waals surface area contributed by atoms with E-state index in [4.69, 9.17) is 15.3 Å². The van der Waals surface area contributed by atoms with Crippen molar-refractivity contribution in [2.45, 2.75) is 79.2 Å². The molecule has 0 aliphatic heterocycles. The molecule has 6 nitrogen and oxygen atoms in total. The van der Waals surface area contributed by atoms with Gasteiger partial charge in [0.25, 0.3) is 0 Å². The Kier molecular flexibility index (Phi) is 9.18. The van der Waals surface area contributed by atoms with Gasteiger partial charge in [-0.2, -0.15) is 15.3 Å². The monoisotopic (exact) mass is 428 g/mol. The van der Waals surface area contributed by atoms with Crippen molar-refractivity contribution in [3.63, 3.8) is 0 Å². The lowest BCUT2D eigenvalue weighted by Crippen LogP contribution is -2.44. The molecule has 0 aromatic heterocycles. The van der Waals surface area contributed by atoms with Crippen molar-refractivity contribution in [1.82, 2.24) is 14.0 Å². The van der Waals surface area contributed by atoms with Crippen LogP contribution in [0, 0.1) is 0 Å². The van der Waals surface area contributed by atoms with E-state index in [1.54, 1.807) is 0 Å². The summed E-state index contributed by atoms with van der Waals surface area (Å²) in [6.07, 6.45) is 0.830. The molecule has 0 aromatic carbocycles. The van der Waals surface area contributed by atoms with Gasteiger partial charge in [-0.15, -0.1) is 0 Å². The fraction of sp³-hybridized carbons (Fsp3) is 0.833. The van der Waals surface area contributed by atoms with Crippen LogP contribution in [-0.4, -0.2) is 77.0 Å². The lowest BCUT2D eigenvalue weighted by molar-refractivity contribution is 0.540. The molecular weight excluding hydrogens is 384 g/mol. The molecule has 0 heterocycles. The maximum Gasteiger partial charge on any atom is 0.169 e. The SMILES string of the molecule is CCC(=N\N(C)[Si](C)(C)C)/C(=N\N(C)[Si](C)(C)C)C(/C)=N/N(C)[Si](C)(C)C. The summed E-state index contributed by atoms with van der Waals surface area (Å²) in [5.41, 5.74) is 2.86. The van der Waals surface area contributed by atoms with Crippen LogP contribution < -0.4 is 0 Å². The highest BCUT2D eigenvalue weighted by Crippen LogP contribution is 2.13. The van der Waals surface area contributed by atoms with Gasteiger partial charge < -0.3 is 14.0 Å². The molecule has 0 rings (SSSR count). The smallest absolute Gasteiger partial charge is 0.169 e. The van der Waals surface area contributed by atoms with Gasteiger partial charge in [-0.25, -0.2) is 0 Å². The van der Waals surface area contributed by atoms with Crippen LogP contribution in [-0.2, 0) is 0 Å². The zero-order chi connectivity index (χ0) is 21.8. The zero-order valence-electron chi connectivity index (χ0n) is 20.4. The van der Waals surface area contributed by atoms with E-state index in [1.165, 1.54) is 0 Å². The third-order valence-electron chi connectivity index (χ3n) is 4.68. The van der Waals surface area contributed by atoms with Crippen LogP contribution in [0.25, 0.3) is 0 Å². The predicted molar refractivity (Wildman–Crippen MR) is 132 cm³/mol. The van der Waals surface area contributed by atoms with E-state index in [9.17, 15) is 0 Å². The van der Waals surface area contributed by atoms with Gasteiger partial charge in [0.2, 0.25) is 0 Å². The fourth-order valence-corrected chi connectivity index (χ4v) is 2.95. The second-order valence-electron chi connectivity index (χ2n) is 10.1. The van der Waals surface area contributed by atoms with Crippen molar-refractivity contribution in [3.8, 4) is 0 Å². The quantitative estimate of drug-likeness (QED) is 0.301. The van der Waals surface area contributed by atoms with E-state index in [0.717, 1.165) is 23.6 Å². The summed E-state index contributed by atoms with van der Waals surface area (Å²) >= 11 is 0. The van der Waals surface area contributed by atoms with E-state index < -0.39 is 24.7 Å². The Morgan fingerprint density at radius 1 is 0.630 bits per heavy atom. The number of rotatable bonds is 9. The van der Waals surface area contributed by atoms with Gasteiger partial charge in [0.1, 0.15) is 5.71 Å². The van der Waals surface area contributed by atoms with Gasteiger partial charge in [-0.05, 0) is 13.3 Å². The number of hydrogen-bond acceptors (Lipinski definition) is 6. The van der Waals surface area contributed by atoms with E-state index in [-0.39, 0.29) is 0 Å². The molecule has 27 heavy (non-hydrogen) atoms. The number of hydrogen-bond donors (Lipinski definition) is 0. The Labute approximate surface area is 171 Å². The average Bonchev–Trinajstić information content (AvgIpc) is 2.46. The topological polar surface area (TPSA) is 46.8 Å². The highest BCUT2D eigenvalue weighted by Gasteiger charge is 2.25. The molecule has 0 fully saturated rings. The highest BCUT2D eigenvalue weighted by atomic mass is 28.3. The van der Waals surface area contributed by atoms with E-state index in [2.05, 4.69) is 108 Å². The minimum absolute atomic E-state index is 0.830. The van der Waals surface area contributed by atoms with Crippen LogP contribution in [0.3, 0.4) is 0 Å². The number of hydrazone groups is 3. The standard InChI is InChI=1S/C18H44N6Si3/c1-15-17(20-23(4)26(9,10)11)18(21-24(5)27(12,13)14)16(2)19-22(3)25(6,7)8/h15H2,1-14H3/b19-16+,20-17+,21-18-. The molecule has 0 atom stereocenters. The normalized spacial score (nSPS) is 15.1. The van der Waals surface area contributed by atoms with E-state index in [0.29, 0.717) is 0 Å². The van der Waals surface area contributed by atoms with Crippen LogP contribution in [0.15, 0.2) is 15.3 Å². The molecule has 0 aliphatic carbocycles. The van der Waals surface area contributed by atoms with E-state index in [1.807, 2.05) is 0 Å². The molecule has 0 unspecified atom stereocenters. The largest absolute Gasteiger partial charge is 0.327 e. The Hall–Kier alpha value is -0.939. The summed E-state index contributed by atoms with van der Waals surface area (Å²) in [4.78, 5) is 0. The minimum atomic E-state index is -1.56. The average molecular weight is 429 g/mol. The van der Waals surface area contributed by atoms with Crippen molar-refractivity contribution in [1.29, 1.82) is 0 Å². The summed E-state index contributed by atoms with van der Waals surface area (Å²) in [6, 6.07) is 0. The van der Waals surface area contributed by atoms with Crippen LogP contribution in [0.4, 0.5) is 0 Å². The van der Waals surface area contributed by atoms with Gasteiger partial charge in [-0.1, -0.05) is 65.8 Å². The van der Waals surface area contributed by atoms with Crippen LogP contribution in [0.5, 0.6) is 0 Å². The van der Waals surface area contributed by atoms with Gasteiger partial charge in [0, 0.05) is 21.1 Å². The molecular formula is C18H44N6Si3. The third-order valence-corrected chi connectivity index (χ3v) is 10.8. The highest BCUT2D eigenvalue weighted by molar-refractivity contribution is 6.75.